The number of nitrogens with one attached hydrogen (secondary N) is 1. The fourth-order valence-corrected chi connectivity index (χ4v) is 4.58. The van der Waals surface area contributed by atoms with E-state index in [1.165, 1.54) is 11.8 Å². The average Bonchev–Trinajstić information content (AvgIpc) is 2.75. The van der Waals surface area contributed by atoms with Gasteiger partial charge in [-0.05, 0) is 42.2 Å². The topological polar surface area (TPSA) is 49.4 Å². The Kier molecular flexibility index (Phi) is 11.0. The Bertz CT molecular complexity index is 895. The largest absolute Gasteiger partial charge is 0.354 e. The van der Waals surface area contributed by atoms with Gasteiger partial charge in [0.05, 0.1) is 15.8 Å². The van der Waals surface area contributed by atoms with Gasteiger partial charge in [-0.25, -0.2) is 0 Å². The van der Waals surface area contributed by atoms with E-state index >= 15 is 0 Å². The van der Waals surface area contributed by atoms with Gasteiger partial charge in [0.15, 0.2) is 0 Å². The normalized spacial score (nSPS) is 11.8. The molecule has 2 aromatic carbocycles. The van der Waals surface area contributed by atoms with Gasteiger partial charge in [0.25, 0.3) is 0 Å². The highest BCUT2D eigenvalue weighted by atomic mass is 35.5. The van der Waals surface area contributed by atoms with E-state index in [2.05, 4.69) is 5.32 Å². The van der Waals surface area contributed by atoms with E-state index in [4.69, 9.17) is 34.8 Å². The number of rotatable bonds is 11. The van der Waals surface area contributed by atoms with Gasteiger partial charge in [0.2, 0.25) is 11.8 Å². The number of nitrogens with zero attached hydrogens (tertiary/aromatic N) is 1. The van der Waals surface area contributed by atoms with Crippen LogP contribution in [0.2, 0.25) is 15.1 Å². The monoisotopic (exact) mass is 500 g/mol. The lowest BCUT2D eigenvalue weighted by Crippen LogP contribution is -2.49. The molecule has 0 aliphatic heterocycles. The minimum Gasteiger partial charge on any atom is -0.354 e. The molecule has 0 spiro atoms. The summed E-state index contributed by atoms with van der Waals surface area (Å²) < 4.78 is 0. The van der Waals surface area contributed by atoms with Gasteiger partial charge in [-0.3, -0.25) is 9.59 Å². The van der Waals surface area contributed by atoms with Crippen LogP contribution in [0.25, 0.3) is 0 Å². The summed E-state index contributed by atoms with van der Waals surface area (Å²) >= 11 is 19.9. The maximum atomic E-state index is 13.2. The second kappa shape index (κ2) is 13.2. The number of amides is 2. The van der Waals surface area contributed by atoms with Crippen LogP contribution in [0, 0.1) is 0 Å². The van der Waals surface area contributed by atoms with Crippen molar-refractivity contribution in [1.29, 1.82) is 0 Å². The molecule has 2 rings (SSSR count). The molecule has 1 N–H and O–H groups in total. The Morgan fingerprint density at radius 3 is 2.42 bits per heavy atom. The first kappa shape index (κ1) is 25.9. The minimum atomic E-state index is -0.561. The first-order chi connectivity index (χ1) is 14.9. The molecule has 2 amide bonds. The lowest BCUT2D eigenvalue weighted by Gasteiger charge is -2.30. The van der Waals surface area contributed by atoms with E-state index in [-0.39, 0.29) is 24.1 Å². The highest BCUT2D eigenvalue weighted by Crippen LogP contribution is 2.25. The van der Waals surface area contributed by atoms with Gasteiger partial charge in [-0.1, -0.05) is 72.9 Å². The summed E-state index contributed by atoms with van der Waals surface area (Å²) in [5, 5.41) is 4.46. The van der Waals surface area contributed by atoms with Crippen LogP contribution in [0.1, 0.15) is 37.8 Å². The zero-order valence-corrected chi connectivity index (χ0v) is 20.8. The summed E-state index contributed by atoms with van der Waals surface area (Å²) in [4.78, 5) is 27.6. The second-order valence-corrected chi connectivity index (χ2v) is 9.28. The van der Waals surface area contributed by atoms with Crippen LogP contribution >= 0.6 is 46.6 Å². The van der Waals surface area contributed by atoms with Gasteiger partial charge in [-0.2, -0.15) is 0 Å². The van der Waals surface area contributed by atoms with Crippen molar-refractivity contribution < 1.29 is 9.59 Å². The number of benzene rings is 2. The van der Waals surface area contributed by atoms with Gasteiger partial charge in [-0.15, -0.1) is 11.8 Å². The number of carbonyl (C=O) groups is 2. The molecule has 0 fully saturated rings. The number of thioether (sulfide) groups is 1. The molecule has 168 valence electrons. The molecule has 0 unspecified atom stereocenters. The Labute approximate surface area is 203 Å². The molecule has 0 saturated heterocycles. The molecule has 0 aliphatic carbocycles. The lowest BCUT2D eigenvalue weighted by molar-refractivity contribution is -0.139. The molecule has 1 atom stereocenters. The summed E-state index contributed by atoms with van der Waals surface area (Å²) in [5.74, 6) is 0.602. The van der Waals surface area contributed by atoms with Gasteiger partial charge >= 0.3 is 0 Å². The summed E-state index contributed by atoms with van der Waals surface area (Å²) in [5.41, 5.74) is 1.80. The highest BCUT2D eigenvalue weighted by Gasteiger charge is 2.28. The summed E-state index contributed by atoms with van der Waals surface area (Å²) in [6.07, 6.45) is 1.34. The second-order valence-electron chi connectivity index (χ2n) is 7.07. The molecule has 0 saturated carbocycles. The van der Waals surface area contributed by atoms with Crippen LogP contribution in [0.15, 0.2) is 42.5 Å². The van der Waals surface area contributed by atoms with Gasteiger partial charge < -0.3 is 10.2 Å². The van der Waals surface area contributed by atoms with E-state index < -0.39 is 6.04 Å². The van der Waals surface area contributed by atoms with Crippen molar-refractivity contribution in [2.75, 3.05) is 12.3 Å². The van der Waals surface area contributed by atoms with Crippen molar-refractivity contribution in [2.45, 2.75) is 45.0 Å². The Morgan fingerprint density at radius 2 is 1.77 bits per heavy atom. The number of carbonyl (C=O) groups excluding carboxylic acids is 2. The number of hydrogen-bond donors (Lipinski definition) is 1. The predicted molar refractivity (Wildman–Crippen MR) is 132 cm³/mol. The molecule has 8 heteroatoms. The first-order valence-corrected chi connectivity index (χ1v) is 12.5. The third-order valence-corrected chi connectivity index (χ3v) is 6.79. The fraction of sp³-hybridized carbons (Fsp3) is 0.391. The third-order valence-electron chi connectivity index (χ3n) is 4.71. The van der Waals surface area contributed by atoms with Crippen molar-refractivity contribution in [2.24, 2.45) is 0 Å². The van der Waals surface area contributed by atoms with Crippen molar-refractivity contribution in [3.8, 4) is 0 Å². The molecule has 4 nitrogen and oxygen atoms in total. The van der Waals surface area contributed by atoms with Crippen LogP contribution in [0.4, 0.5) is 0 Å². The Hall–Kier alpha value is -1.40. The maximum Gasteiger partial charge on any atom is 0.242 e. The van der Waals surface area contributed by atoms with Crippen molar-refractivity contribution in [1.82, 2.24) is 10.2 Å². The lowest BCUT2D eigenvalue weighted by atomic mass is 10.1. The molecule has 0 aliphatic rings. The molecular formula is C23H27Cl3N2O2S. The first-order valence-electron chi connectivity index (χ1n) is 10.2. The molecule has 0 aromatic heterocycles. The Morgan fingerprint density at radius 1 is 1.03 bits per heavy atom. The number of hydrogen-bond acceptors (Lipinski definition) is 3. The average molecular weight is 502 g/mol. The zero-order valence-electron chi connectivity index (χ0n) is 17.7. The minimum absolute atomic E-state index is 0.110. The van der Waals surface area contributed by atoms with Crippen molar-refractivity contribution in [3.05, 3.63) is 68.7 Å². The quantitative estimate of drug-likeness (QED) is 0.398. The van der Waals surface area contributed by atoms with E-state index in [0.29, 0.717) is 33.8 Å². The van der Waals surface area contributed by atoms with Crippen LogP contribution < -0.4 is 5.32 Å². The van der Waals surface area contributed by atoms with Crippen LogP contribution in [0.5, 0.6) is 0 Å². The molecule has 0 heterocycles. The fourth-order valence-electron chi connectivity index (χ4n) is 3.07. The van der Waals surface area contributed by atoms with Crippen molar-refractivity contribution >= 4 is 58.4 Å². The smallest absolute Gasteiger partial charge is 0.242 e. The molecule has 2 aromatic rings. The van der Waals surface area contributed by atoms with E-state index in [1.54, 1.807) is 17.0 Å². The van der Waals surface area contributed by atoms with Crippen LogP contribution in [0.3, 0.4) is 0 Å². The molecule has 31 heavy (non-hydrogen) atoms. The predicted octanol–water partition coefficient (Wildman–Crippen LogP) is 6.21. The van der Waals surface area contributed by atoms with Gasteiger partial charge in [0.1, 0.15) is 6.04 Å². The van der Waals surface area contributed by atoms with Gasteiger partial charge in [0, 0.05) is 23.9 Å². The Balaban J connectivity index is 2.16. The standard InChI is InChI=1S/C23H27Cl3N2O2S/c1-3-11-27-23(30)21(4-2)28(13-16-9-10-19(25)20(26)12-16)22(29)15-31-14-17-7-5-6-8-18(17)24/h5-10,12,21H,3-4,11,13-15H2,1-2H3,(H,27,30)/t21-/m1/s1. The zero-order chi connectivity index (χ0) is 22.8. The van der Waals surface area contributed by atoms with Crippen LogP contribution in [-0.4, -0.2) is 35.1 Å². The summed E-state index contributed by atoms with van der Waals surface area (Å²) in [6.45, 7) is 4.75. The molecular weight excluding hydrogens is 475 g/mol. The van der Waals surface area contributed by atoms with E-state index in [1.807, 2.05) is 44.2 Å². The van der Waals surface area contributed by atoms with E-state index in [0.717, 1.165) is 17.5 Å². The third kappa shape index (κ3) is 7.90. The maximum absolute atomic E-state index is 13.2. The van der Waals surface area contributed by atoms with E-state index in [9.17, 15) is 9.59 Å². The number of halogens is 3. The SMILES string of the molecule is CCCNC(=O)[C@@H](CC)N(Cc1ccc(Cl)c(Cl)c1)C(=O)CSCc1ccccc1Cl. The summed E-state index contributed by atoms with van der Waals surface area (Å²) in [7, 11) is 0. The molecule has 0 radical (unpaired) electrons. The molecule has 0 bridgehead atoms. The summed E-state index contributed by atoms with van der Waals surface area (Å²) in [6, 6.07) is 12.3. The van der Waals surface area contributed by atoms with Crippen LogP contribution in [-0.2, 0) is 21.9 Å². The van der Waals surface area contributed by atoms with Crippen molar-refractivity contribution in [3.63, 3.8) is 0 Å². The highest BCUT2D eigenvalue weighted by molar-refractivity contribution is 7.99.